The number of benzene rings is 2. The first-order valence-corrected chi connectivity index (χ1v) is 10.8. The van der Waals surface area contributed by atoms with E-state index < -0.39 is 23.8 Å². The van der Waals surface area contributed by atoms with Crippen LogP contribution in [0, 0.1) is 5.82 Å². The highest BCUT2D eigenvalue weighted by Crippen LogP contribution is 2.26. The zero-order valence-corrected chi connectivity index (χ0v) is 18.6. The van der Waals surface area contributed by atoms with Gasteiger partial charge in [0, 0.05) is 49.6 Å². The topological polar surface area (TPSA) is 103 Å². The minimum absolute atomic E-state index is 0.0396. The third kappa shape index (κ3) is 5.01. The molecule has 11 heteroatoms. The molecular formula is C22H23ClFN5O4. The number of likely N-dealkylation sites (tertiary alicyclic amines) is 1. The molecule has 0 aromatic heterocycles. The maximum atomic E-state index is 14.7. The molecule has 0 radical (unpaired) electrons. The minimum atomic E-state index is -0.856. The molecule has 0 aliphatic carbocycles. The Balaban J connectivity index is 1.46. The van der Waals surface area contributed by atoms with Crippen LogP contribution < -0.4 is 20.9 Å². The minimum Gasteiger partial charge on any atom is -0.380 e. The lowest BCUT2D eigenvalue weighted by Crippen LogP contribution is -2.45. The molecule has 2 saturated heterocycles. The van der Waals surface area contributed by atoms with E-state index in [2.05, 4.69) is 16.0 Å². The SMILES string of the molecule is CO[C@@H]1C[C@H](C(=O)Nc2ccc(N3CCNC3=O)cc2F)N(C(=O)Nc2ccc(Cl)cc2)C1. The number of ether oxygens (including phenoxy) is 1. The number of carbonyl (C=O) groups is 3. The number of anilines is 3. The van der Waals surface area contributed by atoms with Crippen LogP contribution >= 0.6 is 11.6 Å². The number of rotatable bonds is 5. The summed E-state index contributed by atoms with van der Waals surface area (Å²) >= 11 is 5.88. The first-order valence-electron chi connectivity index (χ1n) is 10.4. The normalized spacial score (nSPS) is 20.0. The average molecular weight is 476 g/mol. The van der Waals surface area contributed by atoms with E-state index in [1.807, 2.05) is 0 Å². The second-order valence-electron chi connectivity index (χ2n) is 7.74. The Morgan fingerprint density at radius 1 is 1.18 bits per heavy atom. The Morgan fingerprint density at radius 2 is 1.94 bits per heavy atom. The number of amides is 5. The molecule has 0 spiro atoms. The molecule has 2 atom stereocenters. The molecule has 2 aliphatic rings. The fourth-order valence-corrected chi connectivity index (χ4v) is 4.00. The molecule has 2 aromatic rings. The van der Waals surface area contributed by atoms with Crippen molar-refractivity contribution in [3.8, 4) is 0 Å². The molecule has 5 amide bonds. The van der Waals surface area contributed by atoms with Gasteiger partial charge in [-0.15, -0.1) is 0 Å². The predicted octanol–water partition coefficient (Wildman–Crippen LogP) is 3.27. The Morgan fingerprint density at radius 3 is 2.58 bits per heavy atom. The van der Waals surface area contributed by atoms with Crippen LogP contribution in [0.2, 0.25) is 5.02 Å². The van der Waals surface area contributed by atoms with E-state index in [4.69, 9.17) is 16.3 Å². The summed E-state index contributed by atoms with van der Waals surface area (Å²) < 4.78 is 20.1. The van der Waals surface area contributed by atoms with Crippen LogP contribution in [0.3, 0.4) is 0 Å². The van der Waals surface area contributed by atoms with Crippen LogP contribution in [0.5, 0.6) is 0 Å². The number of hydrogen-bond donors (Lipinski definition) is 3. The van der Waals surface area contributed by atoms with Crippen molar-refractivity contribution in [2.24, 2.45) is 0 Å². The van der Waals surface area contributed by atoms with Gasteiger partial charge in [-0.3, -0.25) is 9.69 Å². The first-order chi connectivity index (χ1) is 15.9. The maximum Gasteiger partial charge on any atom is 0.322 e. The number of nitrogens with zero attached hydrogens (tertiary/aromatic N) is 2. The number of nitrogens with one attached hydrogen (secondary N) is 3. The van der Waals surface area contributed by atoms with E-state index in [0.29, 0.717) is 29.5 Å². The molecule has 9 nitrogen and oxygen atoms in total. The van der Waals surface area contributed by atoms with Crippen molar-refractivity contribution < 1.29 is 23.5 Å². The number of methoxy groups -OCH3 is 1. The van der Waals surface area contributed by atoms with Crippen LogP contribution in [0.25, 0.3) is 0 Å². The van der Waals surface area contributed by atoms with Gasteiger partial charge >= 0.3 is 12.1 Å². The highest BCUT2D eigenvalue weighted by molar-refractivity contribution is 6.30. The van der Waals surface area contributed by atoms with Gasteiger partial charge < -0.3 is 25.6 Å². The second kappa shape index (κ2) is 9.63. The summed E-state index contributed by atoms with van der Waals surface area (Å²) in [6.45, 7) is 1.12. The molecule has 2 aliphatic heterocycles. The summed E-state index contributed by atoms with van der Waals surface area (Å²) in [7, 11) is 1.51. The van der Waals surface area contributed by atoms with Crippen molar-refractivity contribution in [2.75, 3.05) is 42.3 Å². The summed E-state index contributed by atoms with van der Waals surface area (Å²) in [5.74, 6) is -1.22. The zero-order valence-electron chi connectivity index (χ0n) is 17.8. The van der Waals surface area contributed by atoms with Gasteiger partial charge in [-0.2, -0.15) is 0 Å². The molecule has 0 saturated carbocycles. The van der Waals surface area contributed by atoms with Crippen LogP contribution in [0.1, 0.15) is 6.42 Å². The fraction of sp³-hybridized carbons (Fsp3) is 0.318. The molecule has 2 aromatic carbocycles. The van der Waals surface area contributed by atoms with E-state index >= 15 is 0 Å². The van der Waals surface area contributed by atoms with E-state index in [0.717, 1.165) is 0 Å². The van der Waals surface area contributed by atoms with Gasteiger partial charge in [-0.1, -0.05) is 11.6 Å². The quantitative estimate of drug-likeness (QED) is 0.617. The van der Waals surface area contributed by atoms with Crippen LogP contribution in [0.15, 0.2) is 42.5 Å². The highest BCUT2D eigenvalue weighted by atomic mass is 35.5. The van der Waals surface area contributed by atoms with Crippen LogP contribution in [-0.4, -0.2) is 61.8 Å². The Labute approximate surface area is 194 Å². The summed E-state index contributed by atoms with van der Waals surface area (Å²) in [5.41, 5.74) is 0.879. The smallest absolute Gasteiger partial charge is 0.322 e. The van der Waals surface area contributed by atoms with E-state index in [9.17, 15) is 18.8 Å². The van der Waals surface area contributed by atoms with E-state index in [1.54, 1.807) is 30.3 Å². The number of carbonyl (C=O) groups excluding carboxylic acids is 3. The molecule has 0 unspecified atom stereocenters. The standard InChI is InChI=1S/C22H23ClFN5O4/c1-33-16-11-19(29(12-16)22(32)26-14-4-2-13(23)3-5-14)20(30)27-18-7-6-15(10-17(18)24)28-9-8-25-21(28)31/h2-7,10,16,19H,8-9,11-12H2,1H3,(H,25,31)(H,26,32)(H,27,30)/t16-,19-/m1/s1. The molecule has 2 fully saturated rings. The van der Waals surface area contributed by atoms with Gasteiger partial charge in [-0.05, 0) is 42.5 Å². The van der Waals surface area contributed by atoms with E-state index in [1.165, 1.54) is 29.0 Å². The predicted molar refractivity (Wildman–Crippen MR) is 122 cm³/mol. The number of halogens is 2. The van der Waals surface area contributed by atoms with Gasteiger partial charge in [0.2, 0.25) is 5.91 Å². The molecule has 4 rings (SSSR count). The van der Waals surface area contributed by atoms with Crippen molar-refractivity contribution in [1.29, 1.82) is 0 Å². The number of urea groups is 2. The Bertz CT molecular complexity index is 1070. The van der Waals surface area contributed by atoms with Gasteiger partial charge in [-0.25, -0.2) is 14.0 Å². The summed E-state index contributed by atoms with van der Waals surface area (Å²) in [6, 6.07) is 9.09. The molecular weight excluding hydrogens is 453 g/mol. The number of hydrogen-bond acceptors (Lipinski definition) is 4. The lowest BCUT2D eigenvalue weighted by atomic mass is 10.1. The molecule has 174 valence electrons. The van der Waals surface area contributed by atoms with E-state index in [-0.39, 0.29) is 30.8 Å². The van der Waals surface area contributed by atoms with Gasteiger partial charge in [0.15, 0.2) is 0 Å². The summed E-state index contributed by atoms with van der Waals surface area (Å²) in [5, 5.41) is 8.47. The maximum absolute atomic E-state index is 14.7. The van der Waals surface area contributed by atoms with Crippen molar-refractivity contribution in [3.63, 3.8) is 0 Å². The third-order valence-corrected chi connectivity index (χ3v) is 5.89. The highest BCUT2D eigenvalue weighted by Gasteiger charge is 2.40. The van der Waals surface area contributed by atoms with Gasteiger partial charge in [0.1, 0.15) is 11.9 Å². The average Bonchev–Trinajstić information content (AvgIpc) is 3.43. The van der Waals surface area contributed by atoms with Crippen molar-refractivity contribution in [2.45, 2.75) is 18.6 Å². The Hall–Kier alpha value is -3.37. The Kier molecular flexibility index (Phi) is 6.66. The first kappa shape index (κ1) is 22.8. The molecule has 0 bridgehead atoms. The van der Waals surface area contributed by atoms with Gasteiger partial charge in [0.05, 0.1) is 11.8 Å². The van der Waals surface area contributed by atoms with Crippen molar-refractivity contribution in [3.05, 3.63) is 53.3 Å². The largest absolute Gasteiger partial charge is 0.380 e. The second-order valence-corrected chi connectivity index (χ2v) is 8.17. The fourth-order valence-electron chi connectivity index (χ4n) is 3.88. The monoisotopic (exact) mass is 475 g/mol. The van der Waals surface area contributed by atoms with Crippen molar-refractivity contribution in [1.82, 2.24) is 10.2 Å². The lowest BCUT2D eigenvalue weighted by Gasteiger charge is -2.24. The molecule has 33 heavy (non-hydrogen) atoms. The van der Waals surface area contributed by atoms with Crippen LogP contribution in [0.4, 0.5) is 31.0 Å². The summed E-state index contributed by atoms with van der Waals surface area (Å²) in [4.78, 5) is 40.4. The lowest BCUT2D eigenvalue weighted by molar-refractivity contribution is -0.119. The van der Waals surface area contributed by atoms with Crippen molar-refractivity contribution >= 4 is 46.6 Å². The third-order valence-electron chi connectivity index (χ3n) is 5.63. The van der Waals surface area contributed by atoms with Crippen LogP contribution in [-0.2, 0) is 9.53 Å². The molecule has 2 heterocycles. The van der Waals surface area contributed by atoms with Gasteiger partial charge in [0.25, 0.3) is 0 Å². The summed E-state index contributed by atoms with van der Waals surface area (Å²) in [6.07, 6.45) is -0.0677. The molecule has 3 N–H and O–H groups in total. The zero-order chi connectivity index (χ0) is 23.5.